The Morgan fingerprint density at radius 3 is 2.73 bits per heavy atom. The Morgan fingerprint density at radius 1 is 1.15 bits per heavy atom. The smallest absolute Gasteiger partial charge is 0.253 e. The monoisotopic (exact) mass is 355 g/mol. The highest BCUT2D eigenvalue weighted by Gasteiger charge is 2.31. The SMILES string of the molecule is COc1ccccc1-c1cccc(C(=O)N2CCC[C@@](O)(CO)CC2)c1. The Balaban J connectivity index is 1.83. The minimum absolute atomic E-state index is 0.0519. The number of nitrogens with zero attached hydrogens (tertiary/aromatic N) is 1. The van der Waals surface area contributed by atoms with Crippen LogP contribution in [0.25, 0.3) is 11.1 Å². The summed E-state index contributed by atoms with van der Waals surface area (Å²) in [5.74, 6) is 0.712. The maximum Gasteiger partial charge on any atom is 0.253 e. The molecule has 0 unspecified atom stereocenters. The van der Waals surface area contributed by atoms with Gasteiger partial charge in [0.2, 0.25) is 0 Å². The van der Waals surface area contributed by atoms with Gasteiger partial charge in [0.15, 0.2) is 0 Å². The van der Waals surface area contributed by atoms with Gasteiger partial charge in [-0.3, -0.25) is 4.79 Å². The molecule has 1 fully saturated rings. The Bertz CT molecular complexity index is 776. The van der Waals surface area contributed by atoms with Gasteiger partial charge in [0.1, 0.15) is 5.75 Å². The van der Waals surface area contributed by atoms with Gasteiger partial charge in [-0.25, -0.2) is 0 Å². The van der Waals surface area contributed by atoms with Crippen LogP contribution in [-0.4, -0.2) is 53.4 Å². The average molecular weight is 355 g/mol. The molecule has 0 saturated carbocycles. The minimum atomic E-state index is -1.08. The van der Waals surface area contributed by atoms with E-state index in [1.807, 2.05) is 48.5 Å². The Morgan fingerprint density at radius 2 is 1.96 bits per heavy atom. The van der Waals surface area contributed by atoms with Crippen molar-refractivity contribution in [3.63, 3.8) is 0 Å². The van der Waals surface area contributed by atoms with Crippen molar-refractivity contribution >= 4 is 5.91 Å². The zero-order valence-electron chi connectivity index (χ0n) is 15.0. The second-order valence-electron chi connectivity index (χ2n) is 6.81. The number of rotatable bonds is 4. The lowest BCUT2D eigenvalue weighted by atomic mass is 9.96. The summed E-state index contributed by atoms with van der Waals surface area (Å²) in [5, 5.41) is 19.6. The van der Waals surface area contributed by atoms with Crippen molar-refractivity contribution in [3.05, 3.63) is 54.1 Å². The molecule has 0 aliphatic carbocycles. The largest absolute Gasteiger partial charge is 0.496 e. The van der Waals surface area contributed by atoms with Crippen LogP contribution in [0.4, 0.5) is 0 Å². The Hall–Kier alpha value is -2.37. The van der Waals surface area contributed by atoms with Crippen LogP contribution < -0.4 is 4.74 Å². The van der Waals surface area contributed by atoms with Crippen molar-refractivity contribution in [3.8, 4) is 16.9 Å². The molecule has 0 radical (unpaired) electrons. The molecule has 0 bridgehead atoms. The molecule has 5 heteroatoms. The molecule has 0 aromatic heterocycles. The lowest BCUT2D eigenvalue weighted by Gasteiger charge is -2.24. The number of benzene rings is 2. The van der Waals surface area contributed by atoms with Crippen LogP contribution >= 0.6 is 0 Å². The number of aliphatic hydroxyl groups is 2. The number of carbonyl (C=O) groups is 1. The summed E-state index contributed by atoms with van der Waals surface area (Å²) in [7, 11) is 1.63. The topological polar surface area (TPSA) is 70.0 Å². The predicted molar refractivity (Wildman–Crippen MR) is 100 cm³/mol. The van der Waals surface area contributed by atoms with Crippen molar-refractivity contribution < 1.29 is 19.7 Å². The second kappa shape index (κ2) is 7.89. The van der Waals surface area contributed by atoms with Crippen LogP contribution in [0.15, 0.2) is 48.5 Å². The molecular weight excluding hydrogens is 330 g/mol. The standard InChI is InChI=1S/C21H25NO4/c1-26-19-9-3-2-8-18(19)16-6-4-7-17(14-16)20(24)22-12-5-10-21(25,15-23)11-13-22/h2-4,6-9,14,23,25H,5,10-13,15H2,1H3/t21-/m0/s1. The molecule has 0 spiro atoms. The van der Waals surface area contributed by atoms with Crippen molar-refractivity contribution in [1.29, 1.82) is 0 Å². The number of para-hydroxylation sites is 1. The molecule has 1 saturated heterocycles. The van der Waals surface area contributed by atoms with Gasteiger partial charge in [-0.05, 0) is 43.0 Å². The number of ether oxygens (including phenoxy) is 1. The Labute approximate surface area is 153 Å². The van der Waals surface area contributed by atoms with E-state index in [0.717, 1.165) is 16.9 Å². The zero-order chi connectivity index (χ0) is 18.6. The first-order valence-electron chi connectivity index (χ1n) is 8.92. The highest BCUT2D eigenvalue weighted by molar-refractivity contribution is 5.95. The van der Waals surface area contributed by atoms with Gasteiger partial charge in [0.05, 0.1) is 19.3 Å². The van der Waals surface area contributed by atoms with Crippen LogP contribution in [0.3, 0.4) is 0 Å². The summed E-state index contributed by atoms with van der Waals surface area (Å²) in [4.78, 5) is 14.7. The molecule has 2 aromatic rings. The first-order chi connectivity index (χ1) is 12.6. The van der Waals surface area contributed by atoms with Crippen LogP contribution in [0, 0.1) is 0 Å². The van der Waals surface area contributed by atoms with Gasteiger partial charge in [0, 0.05) is 24.2 Å². The van der Waals surface area contributed by atoms with Gasteiger partial charge in [-0.1, -0.05) is 30.3 Å². The molecule has 1 aliphatic rings. The third-order valence-electron chi connectivity index (χ3n) is 5.03. The lowest BCUT2D eigenvalue weighted by molar-refractivity contribution is -0.0250. The van der Waals surface area contributed by atoms with Crippen LogP contribution in [-0.2, 0) is 0 Å². The minimum Gasteiger partial charge on any atom is -0.496 e. The highest BCUT2D eigenvalue weighted by Crippen LogP contribution is 2.30. The van der Waals surface area contributed by atoms with Crippen LogP contribution in [0.2, 0.25) is 0 Å². The van der Waals surface area contributed by atoms with Crippen LogP contribution in [0.1, 0.15) is 29.6 Å². The molecule has 1 atom stereocenters. The van der Waals surface area contributed by atoms with Crippen molar-refractivity contribution in [2.24, 2.45) is 0 Å². The van der Waals surface area contributed by atoms with E-state index in [0.29, 0.717) is 37.9 Å². The summed E-state index contributed by atoms with van der Waals surface area (Å²) in [5.41, 5.74) is 1.40. The normalized spacial score (nSPS) is 20.5. The summed E-state index contributed by atoms with van der Waals surface area (Å²) >= 11 is 0. The quantitative estimate of drug-likeness (QED) is 0.885. The summed E-state index contributed by atoms with van der Waals surface area (Å²) in [6.07, 6.45) is 1.57. The molecule has 1 aliphatic heterocycles. The summed E-state index contributed by atoms with van der Waals surface area (Å²) in [6, 6.07) is 15.2. The van der Waals surface area contributed by atoms with E-state index in [-0.39, 0.29) is 12.5 Å². The van der Waals surface area contributed by atoms with Crippen molar-refractivity contribution in [2.45, 2.75) is 24.9 Å². The molecular formula is C21H25NO4. The highest BCUT2D eigenvalue weighted by atomic mass is 16.5. The van der Waals surface area contributed by atoms with E-state index in [1.54, 1.807) is 12.0 Å². The Kier molecular flexibility index (Phi) is 5.59. The third kappa shape index (κ3) is 3.89. The lowest BCUT2D eigenvalue weighted by Crippen LogP contribution is -2.36. The number of amides is 1. The molecule has 2 N–H and O–H groups in total. The summed E-state index contributed by atoms with van der Waals surface area (Å²) < 4.78 is 5.42. The first-order valence-corrected chi connectivity index (χ1v) is 8.92. The van der Waals surface area contributed by atoms with E-state index in [9.17, 15) is 15.0 Å². The number of methoxy groups -OCH3 is 1. The zero-order valence-corrected chi connectivity index (χ0v) is 15.0. The number of hydrogen-bond acceptors (Lipinski definition) is 4. The third-order valence-corrected chi connectivity index (χ3v) is 5.03. The summed E-state index contributed by atoms with van der Waals surface area (Å²) in [6.45, 7) is 0.757. The van der Waals surface area contributed by atoms with Crippen molar-refractivity contribution in [1.82, 2.24) is 4.90 Å². The first kappa shape index (κ1) is 18.4. The molecule has 5 nitrogen and oxygen atoms in total. The molecule has 138 valence electrons. The molecule has 2 aromatic carbocycles. The van der Waals surface area contributed by atoms with Crippen LogP contribution in [0.5, 0.6) is 5.75 Å². The fourth-order valence-corrected chi connectivity index (χ4v) is 3.43. The van der Waals surface area contributed by atoms with Gasteiger partial charge < -0.3 is 19.8 Å². The van der Waals surface area contributed by atoms with E-state index in [1.165, 1.54) is 0 Å². The maximum atomic E-state index is 12.9. The maximum absolute atomic E-state index is 12.9. The van der Waals surface area contributed by atoms with E-state index in [2.05, 4.69) is 0 Å². The van der Waals surface area contributed by atoms with Gasteiger partial charge in [-0.2, -0.15) is 0 Å². The number of carbonyl (C=O) groups excluding carboxylic acids is 1. The van der Waals surface area contributed by atoms with Gasteiger partial charge in [-0.15, -0.1) is 0 Å². The fraction of sp³-hybridized carbons (Fsp3) is 0.381. The number of hydrogen-bond donors (Lipinski definition) is 2. The number of likely N-dealkylation sites (tertiary alicyclic amines) is 1. The second-order valence-corrected chi connectivity index (χ2v) is 6.81. The number of aliphatic hydroxyl groups excluding tert-OH is 1. The van der Waals surface area contributed by atoms with E-state index < -0.39 is 5.60 Å². The van der Waals surface area contributed by atoms with Crippen molar-refractivity contribution in [2.75, 3.05) is 26.8 Å². The molecule has 26 heavy (non-hydrogen) atoms. The average Bonchev–Trinajstić information content (AvgIpc) is 2.90. The predicted octanol–water partition coefficient (Wildman–Crippen LogP) is 2.71. The van der Waals surface area contributed by atoms with Gasteiger partial charge in [0.25, 0.3) is 5.91 Å². The van der Waals surface area contributed by atoms with E-state index >= 15 is 0 Å². The fourth-order valence-electron chi connectivity index (χ4n) is 3.43. The van der Waals surface area contributed by atoms with E-state index in [4.69, 9.17) is 4.74 Å². The van der Waals surface area contributed by atoms with Gasteiger partial charge >= 0.3 is 0 Å². The molecule has 1 amide bonds. The molecule has 3 rings (SSSR count). The molecule has 1 heterocycles.